The van der Waals surface area contributed by atoms with E-state index in [2.05, 4.69) is 32.6 Å². The average Bonchev–Trinajstić information content (AvgIpc) is 3.29. The number of amides is 2. The van der Waals surface area contributed by atoms with E-state index in [4.69, 9.17) is 0 Å². The van der Waals surface area contributed by atoms with Crippen LogP contribution in [0.5, 0.6) is 0 Å². The van der Waals surface area contributed by atoms with Crippen molar-refractivity contribution in [2.45, 2.75) is 90.8 Å². The molecule has 0 aromatic heterocycles. The number of hydrogen-bond acceptors (Lipinski definition) is 2. The third kappa shape index (κ3) is 3.62. The molecule has 1 aliphatic heterocycles. The second-order valence-electron chi connectivity index (χ2n) is 8.82. The maximum absolute atomic E-state index is 13.1. The molecule has 2 amide bonds. The molecular weight excluding hydrogens is 300 g/mol. The van der Waals surface area contributed by atoms with Crippen LogP contribution in [0.2, 0.25) is 0 Å². The van der Waals surface area contributed by atoms with Crippen LogP contribution in [0, 0.1) is 17.8 Å². The first-order valence-corrected chi connectivity index (χ1v) is 10.00. The number of rotatable bonds is 5. The summed E-state index contributed by atoms with van der Waals surface area (Å²) in [5, 5.41) is 0. The van der Waals surface area contributed by atoms with Crippen molar-refractivity contribution in [2.24, 2.45) is 17.8 Å². The Bertz CT molecular complexity index is 478. The molecular formula is C20H34N2O2. The highest BCUT2D eigenvalue weighted by atomic mass is 16.2. The molecule has 4 nitrogen and oxygen atoms in total. The van der Waals surface area contributed by atoms with Crippen LogP contribution < -0.4 is 0 Å². The van der Waals surface area contributed by atoms with E-state index in [1.165, 1.54) is 12.8 Å². The van der Waals surface area contributed by atoms with Gasteiger partial charge in [-0.2, -0.15) is 0 Å². The van der Waals surface area contributed by atoms with Crippen molar-refractivity contribution in [3.8, 4) is 0 Å². The molecule has 0 unspecified atom stereocenters. The highest BCUT2D eigenvalue weighted by Gasteiger charge is 2.44. The molecule has 3 fully saturated rings. The third-order valence-electron chi connectivity index (χ3n) is 6.53. The van der Waals surface area contributed by atoms with E-state index in [-0.39, 0.29) is 23.8 Å². The van der Waals surface area contributed by atoms with Crippen LogP contribution in [0.15, 0.2) is 0 Å². The summed E-state index contributed by atoms with van der Waals surface area (Å²) in [6, 6.07) is 1.07. The van der Waals surface area contributed by atoms with Gasteiger partial charge in [0.1, 0.15) is 0 Å². The summed E-state index contributed by atoms with van der Waals surface area (Å²) in [6.07, 6.45) is 7.35. The Hall–Kier alpha value is -1.06. The van der Waals surface area contributed by atoms with Crippen LogP contribution in [0.4, 0.5) is 0 Å². The molecule has 24 heavy (non-hydrogen) atoms. The quantitative estimate of drug-likeness (QED) is 0.772. The molecule has 136 valence electrons. The lowest BCUT2D eigenvalue weighted by molar-refractivity contribution is -0.139. The molecule has 3 rings (SSSR count). The van der Waals surface area contributed by atoms with Gasteiger partial charge in [0.05, 0.1) is 5.92 Å². The van der Waals surface area contributed by atoms with E-state index < -0.39 is 0 Å². The van der Waals surface area contributed by atoms with Crippen molar-refractivity contribution in [1.29, 1.82) is 0 Å². The lowest BCUT2D eigenvalue weighted by atomic mass is 9.86. The Morgan fingerprint density at radius 1 is 1.08 bits per heavy atom. The first-order chi connectivity index (χ1) is 11.4. The zero-order valence-electron chi connectivity index (χ0n) is 15.8. The van der Waals surface area contributed by atoms with Gasteiger partial charge >= 0.3 is 0 Å². The van der Waals surface area contributed by atoms with Gasteiger partial charge in [-0.1, -0.05) is 20.8 Å². The predicted molar refractivity (Wildman–Crippen MR) is 95.4 cm³/mol. The first-order valence-electron chi connectivity index (χ1n) is 10.00. The van der Waals surface area contributed by atoms with Crippen molar-refractivity contribution in [3.63, 3.8) is 0 Å². The minimum absolute atomic E-state index is 0.112. The van der Waals surface area contributed by atoms with Crippen molar-refractivity contribution >= 4 is 11.8 Å². The van der Waals surface area contributed by atoms with Gasteiger partial charge in [-0.3, -0.25) is 9.59 Å². The summed E-state index contributed by atoms with van der Waals surface area (Å²) >= 11 is 0. The number of carbonyl (C=O) groups is 2. The van der Waals surface area contributed by atoms with E-state index in [0.717, 1.165) is 31.6 Å². The molecule has 2 saturated carbocycles. The van der Waals surface area contributed by atoms with Crippen LogP contribution in [0.1, 0.15) is 72.6 Å². The minimum Gasteiger partial charge on any atom is -0.339 e. The largest absolute Gasteiger partial charge is 0.339 e. The highest BCUT2D eigenvalue weighted by molar-refractivity contribution is 5.89. The third-order valence-corrected chi connectivity index (χ3v) is 6.53. The fourth-order valence-corrected chi connectivity index (χ4v) is 4.40. The molecule has 0 radical (unpaired) electrons. The lowest BCUT2D eigenvalue weighted by Crippen LogP contribution is -2.47. The maximum Gasteiger partial charge on any atom is 0.228 e. The van der Waals surface area contributed by atoms with E-state index in [1.807, 2.05) is 4.90 Å². The van der Waals surface area contributed by atoms with Gasteiger partial charge in [-0.05, 0) is 57.3 Å². The Morgan fingerprint density at radius 2 is 1.71 bits per heavy atom. The Balaban J connectivity index is 1.64. The maximum atomic E-state index is 13.1. The Kier molecular flexibility index (Phi) is 5.22. The van der Waals surface area contributed by atoms with Gasteiger partial charge < -0.3 is 9.80 Å². The van der Waals surface area contributed by atoms with Gasteiger partial charge in [-0.25, -0.2) is 0 Å². The van der Waals surface area contributed by atoms with Gasteiger partial charge in [-0.15, -0.1) is 0 Å². The number of carbonyl (C=O) groups excluding carboxylic acids is 2. The second-order valence-corrected chi connectivity index (χ2v) is 8.82. The van der Waals surface area contributed by atoms with E-state index in [1.54, 1.807) is 0 Å². The van der Waals surface area contributed by atoms with Gasteiger partial charge in [0.2, 0.25) is 11.8 Å². The molecule has 2 atom stereocenters. The lowest BCUT2D eigenvalue weighted by Gasteiger charge is -2.35. The topological polar surface area (TPSA) is 40.6 Å². The summed E-state index contributed by atoms with van der Waals surface area (Å²) < 4.78 is 0. The Morgan fingerprint density at radius 3 is 2.25 bits per heavy atom. The summed E-state index contributed by atoms with van der Waals surface area (Å²) in [5.74, 6) is 1.58. The highest BCUT2D eigenvalue weighted by Crippen LogP contribution is 2.36. The molecule has 0 aromatic rings. The smallest absolute Gasteiger partial charge is 0.228 e. The van der Waals surface area contributed by atoms with E-state index >= 15 is 0 Å². The van der Waals surface area contributed by atoms with Gasteiger partial charge in [0.25, 0.3) is 0 Å². The Labute approximate surface area is 146 Å². The zero-order valence-corrected chi connectivity index (χ0v) is 15.8. The second kappa shape index (κ2) is 7.05. The summed E-state index contributed by atoms with van der Waals surface area (Å²) in [4.78, 5) is 29.8. The van der Waals surface area contributed by atoms with Crippen LogP contribution >= 0.6 is 0 Å². The summed E-state index contributed by atoms with van der Waals surface area (Å²) in [5.41, 5.74) is 0. The molecule has 0 spiro atoms. The molecule has 0 aromatic carbocycles. The minimum atomic E-state index is -0.112. The van der Waals surface area contributed by atoms with E-state index in [0.29, 0.717) is 31.0 Å². The fraction of sp³-hybridized carbons (Fsp3) is 0.900. The standard InChI is InChI=1S/C20H34N2O2/c1-13(2)15(4)22(18-9-10-18)20(24)16-11-19(23)21(12-16)17-7-5-14(3)6-8-17/h13-18H,5-12H2,1-4H3/t14?,15-,16+,17?/m1/s1. The van der Waals surface area contributed by atoms with Crippen LogP contribution in [0.25, 0.3) is 0 Å². The fourth-order valence-electron chi connectivity index (χ4n) is 4.40. The van der Waals surface area contributed by atoms with E-state index in [9.17, 15) is 9.59 Å². The van der Waals surface area contributed by atoms with Crippen molar-refractivity contribution in [1.82, 2.24) is 9.80 Å². The average molecular weight is 335 g/mol. The number of hydrogen-bond donors (Lipinski definition) is 0. The summed E-state index contributed by atoms with van der Waals surface area (Å²) in [7, 11) is 0. The molecule has 0 N–H and O–H groups in total. The predicted octanol–water partition coefficient (Wildman–Crippen LogP) is 3.45. The van der Waals surface area contributed by atoms with Crippen molar-refractivity contribution in [2.75, 3.05) is 6.54 Å². The summed E-state index contributed by atoms with van der Waals surface area (Å²) in [6.45, 7) is 9.49. The van der Waals surface area contributed by atoms with Crippen LogP contribution in [-0.2, 0) is 9.59 Å². The van der Waals surface area contributed by atoms with Crippen molar-refractivity contribution in [3.05, 3.63) is 0 Å². The molecule has 2 aliphatic carbocycles. The monoisotopic (exact) mass is 334 g/mol. The number of nitrogens with zero attached hydrogens (tertiary/aromatic N) is 2. The molecule has 3 aliphatic rings. The molecule has 1 heterocycles. The zero-order chi connectivity index (χ0) is 17.4. The number of likely N-dealkylation sites (tertiary alicyclic amines) is 1. The van der Waals surface area contributed by atoms with Crippen molar-refractivity contribution < 1.29 is 9.59 Å². The normalized spacial score (nSPS) is 32.3. The molecule has 4 heteroatoms. The van der Waals surface area contributed by atoms with Gasteiger partial charge in [0.15, 0.2) is 0 Å². The SMILES string of the molecule is CC1CCC(N2C[C@@H](C(=O)N(C3CC3)[C@H](C)C(C)C)CC2=O)CC1. The van der Waals surface area contributed by atoms with Crippen LogP contribution in [0.3, 0.4) is 0 Å². The van der Waals surface area contributed by atoms with Gasteiger partial charge in [0, 0.05) is 31.1 Å². The van der Waals surface area contributed by atoms with Crippen LogP contribution in [-0.4, -0.2) is 46.3 Å². The first kappa shape index (κ1) is 17.8. The molecule has 1 saturated heterocycles. The molecule has 0 bridgehead atoms.